The zero-order chi connectivity index (χ0) is 14.0. The monoisotopic (exact) mass is 405 g/mol. The summed E-state index contributed by atoms with van der Waals surface area (Å²) in [5, 5.41) is 8.52. The molecule has 0 bridgehead atoms. The Balaban J connectivity index is 2.21. The zero-order valence-electron chi connectivity index (χ0n) is 10.7. The first-order valence-corrected chi connectivity index (χ1v) is 7.90. The predicted molar refractivity (Wildman–Crippen MR) is 86.8 cm³/mol. The lowest BCUT2D eigenvalue weighted by molar-refractivity contribution is 0.623. The molecule has 1 aromatic heterocycles. The summed E-state index contributed by atoms with van der Waals surface area (Å²) >= 11 is 13.3. The van der Waals surface area contributed by atoms with E-state index in [-0.39, 0.29) is 0 Å². The van der Waals surface area contributed by atoms with Crippen LogP contribution >= 0.6 is 43.5 Å². The number of hydrogen-bond donors (Lipinski definition) is 1. The Labute approximate surface area is 134 Å². The van der Waals surface area contributed by atoms with E-state index >= 15 is 0 Å². The SMILES string of the molecule is CCn1nc(C)c(Cl)c1CNc1cc(Br)ccc1Br. The molecule has 0 unspecified atom stereocenters. The molecule has 2 aromatic rings. The Kier molecular flexibility index (Phi) is 4.92. The predicted octanol–water partition coefficient (Wildman–Crippen LogP) is 5.00. The fourth-order valence-electron chi connectivity index (χ4n) is 1.85. The number of halogens is 3. The van der Waals surface area contributed by atoms with Crippen LogP contribution in [0.15, 0.2) is 27.1 Å². The fraction of sp³-hybridized carbons (Fsp3) is 0.308. The van der Waals surface area contributed by atoms with E-state index in [4.69, 9.17) is 11.6 Å². The second kappa shape index (κ2) is 6.29. The number of rotatable bonds is 4. The van der Waals surface area contributed by atoms with E-state index in [9.17, 15) is 0 Å². The average molecular weight is 408 g/mol. The third-order valence-corrected chi connectivity index (χ3v) is 4.50. The van der Waals surface area contributed by atoms with Gasteiger partial charge in [-0.05, 0) is 48.0 Å². The maximum Gasteiger partial charge on any atom is 0.0865 e. The summed E-state index contributed by atoms with van der Waals surface area (Å²) in [6.07, 6.45) is 0. The lowest BCUT2D eigenvalue weighted by atomic mass is 10.3. The average Bonchev–Trinajstić information content (AvgIpc) is 2.66. The van der Waals surface area contributed by atoms with Crippen LogP contribution in [0.2, 0.25) is 5.02 Å². The molecule has 6 heteroatoms. The van der Waals surface area contributed by atoms with Crippen LogP contribution in [0.3, 0.4) is 0 Å². The Morgan fingerprint density at radius 3 is 2.79 bits per heavy atom. The summed E-state index contributed by atoms with van der Waals surface area (Å²) in [7, 11) is 0. The van der Waals surface area contributed by atoms with E-state index in [0.29, 0.717) is 6.54 Å². The Bertz CT molecular complexity index is 596. The second-order valence-corrected chi connectivity index (χ2v) is 6.29. The number of benzene rings is 1. The Morgan fingerprint density at radius 1 is 1.37 bits per heavy atom. The third-order valence-electron chi connectivity index (χ3n) is 2.83. The van der Waals surface area contributed by atoms with Gasteiger partial charge in [-0.1, -0.05) is 27.5 Å². The Morgan fingerprint density at radius 2 is 2.11 bits per heavy atom. The molecule has 0 saturated carbocycles. The van der Waals surface area contributed by atoms with Gasteiger partial charge in [-0.25, -0.2) is 0 Å². The number of hydrogen-bond acceptors (Lipinski definition) is 2. The van der Waals surface area contributed by atoms with Crippen molar-refractivity contribution in [1.82, 2.24) is 9.78 Å². The van der Waals surface area contributed by atoms with Crippen molar-refractivity contribution in [3.8, 4) is 0 Å². The van der Waals surface area contributed by atoms with E-state index in [0.717, 1.165) is 37.6 Å². The minimum atomic E-state index is 0.641. The van der Waals surface area contributed by atoms with Gasteiger partial charge in [0.15, 0.2) is 0 Å². The van der Waals surface area contributed by atoms with Crippen molar-refractivity contribution in [3.05, 3.63) is 43.6 Å². The molecule has 1 heterocycles. The van der Waals surface area contributed by atoms with Crippen molar-refractivity contribution in [2.24, 2.45) is 0 Å². The minimum absolute atomic E-state index is 0.641. The van der Waals surface area contributed by atoms with Crippen LogP contribution in [0, 0.1) is 6.92 Å². The molecule has 0 atom stereocenters. The van der Waals surface area contributed by atoms with Crippen molar-refractivity contribution in [1.29, 1.82) is 0 Å². The number of nitrogens with one attached hydrogen (secondary N) is 1. The normalized spacial score (nSPS) is 10.8. The van der Waals surface area contributed by atoms with E-state index < -0.39 is 0 Å². The van der Waals surface area contributed by atoms with Crippen molar-refractivity contribution >= 4 is 49.1 Å². The zero-order valence-corrected chi connectivity index (χ0v) is 14.6. The molecule has 0 amide bonds. The molecular formula is C13H14Br2ClN3. The van der Waals surface area contributed by atoms with Crippen LogP contribution < -0.4 is 5.32 Å². The summed E-state index contributed by atoms with van der Waals surface area (Å²) < 4.78 is 3.98. The number of aromatic nitrogens is 2. The van der Waals surface area contributed by atoms with Gasteiger partial charge in [-0.15, -0.1) is 0 Å². The standard InChI is InChI=1S/C13H14Br2ClN3/c1-3-19-12(13(16)8(2)18-19)7-17-11-6-9(14)4-5-10(11)15/h4-6,17H,3,7H2,1-2H3. The minimum Gasteiger partial charge on any atom is -0.378 e. The van der Waals surface area contributed by atoms with Gasteiger partial charge < -0.3 is 5.32 Å². The maximum absolute atomic E-state index is 6.29. The highest BCUT2D eigenvalue weighted by molar-refractivity contribution is 9.11. The quantitative estimate of drug-likeness (QED) is 0.773. The first kappa shape index (κ1) is 14.9. The first-order chi connectivity index (χ1) is 9.02. The number of nitrogens with zero attached hydrogens (tertiary/aromatic N) is 2. The van der Waals surface area contributed by atoms with Gasteiger partial charge in [-0.2, -0.15) is 5.10 Å². The summed E-state index contributed by atoms with van der Waals surface area (Å²) in [5.74, 6) is 0. The molecule has 0 radical (unpaired) electrons. The highest BCUT2D eigenvalue weighted by Crippen LogP contribution is 2.28. The van der Waals surface area contributed by atoms with Crippen molar-refractivity contribution in [2.45, 2.75) is 26.9 Å². The molecule has 0 aliphatic carbocycles. The van der Waals surface area contributed by atoms with Gasteiger partial charge in [0.2, 0.25) is 0 Å². The molecule has 19 heavy (non-hydrogen) atoms. The molecule has 2 rings (SSSR count). The first-order valence-electron chi connectivity index (χ1n) is 5.93. The van der Waals surface area contributed by atoms with Gasteiger partial charge in [0.05, 0.1) is 23.0 Å². The lowest BCUT2D eigenvalue weighted by Gasteiger charge is -2.10. The van der Waals surface area contributed by atoms with Crippen LogP contribution in [0.25, 0.3) is 0 Å². The lowest BCUT2D eigenvalue weighted by Crippen LogP contribution is -2.08. The molecule has 0 aliphatic rings. The molecule has 3 nitrogen and oxygen atoms in total. The van der Waals surface area contributed by atoms with E-state index in [2.05, 4.69) is 49.2 Å². The van der Waals surface area contributed by atoms with Crippen LogP contribution in [-0.4, -0.2) is 9.78 Å². The molecule has 1 aromatic carbocycles. The van der Waals surface area contributed by atoms with Crippen LogP contribution in [0.4, 0.5) is 5.69 Å². The smallest absolute Gasteiger partial charge is 0.0865 e. The summed E-state index contributed by atoms with van der Waals surface area (Å²) in [6.45, 7) is 5.43. The summed E-state index contributed by atoms with van der Waals surface area (Å²) in [6, 6.07) is 6.01. The molecule has 0 fully saturated rings. The van der Waals surface area contributed by atoms with Gasteiger partial charge >= 0.3 is 0 Å². The van der Waals surface area contributed by atoms with E-state index in [1.165, 1.54) is 0 Å². The highest BCUT2D eigenvalue weighted by atomic mass is 79.9. The third kappa shape index (κ3) is 3.33. The molecule has 1 N–H and O–H groups in total. The van der Waals surface area contributed by atoms with E-state index in [1.54, 1.807) is 0 Å². The molecule has 0 aliphatic heterocycles. The molecule has 0 saturated heterocycles. The van der Waals surface area contributed by atoms with Crippen molar-refractivity contribution < 1.29 is 0 Å². The van der Waals surface area contributed by atoms with Crippen LogP contribution in [0.5, 0.6) is 0 Å². The maximum atomic E-state index is 6.29. The molecule has 0 spiro atoms. The number of aryl methyl sites for hydroxylation is 2. The summed E-state index contributed by atoms with van der Waals surface area (Å²) in [4.78, 5) is 0. The second-order valence-electron chi connectivity index (χ2n) is 4.14. The molecular weight excluding hydrogens is 393 g/mol. The number of anilines is 1. The van der Waals surface area contributed by atoms with Gasteiger partial charge in [-0.3, -0.25) is 4.68 Å². The molecule has 102 valence electrons. The van der Waals surface area contributed by atoms with Gasteiger partial charge in [0.1, 0.15) is 0 Å². The Hall–Kier alpha value is -0.520. The highest BCUT2D eigenvalue weighted by Gasteiger charge is 2.12. The van der Waals surface area contributed by atoms with E-state index in [1.807, 2.05) is 29.8 Å². The van der Waals surface area contributed by atoms with Crippen molar-refractivity contribution in [2.75, 3.05) is 5.32 Å². The van der Waals surface area contributed by atoms with Gasteiger partial charge in [0, 0.05) is 21.2 Å². The largest absolute Gasteiger partial charge is 0.378 e. The van der Waals surface area contributed by atoms with Crippen LogP contribution in [-0.2, 0) is 13.1 Å². The van der Waals surface area contributed by atoms with Crippen molar-refractivity contribution in [3.63, 3.8) is 0 Å². The van der Waals surface area contributed by atoms with Gasteiger partial charge in [0.25, 0.3) is 0 Å². The fourth-order valence-corrected chi connectivity index (χ4v) is 2.80. The topological polar surface area (TPSA) is 29.9 Å². The summed E-state index contributed by atoms with van der Waals surface area (Å²) in [5.41, 5.74) is 2.90. The van der Waals surface area contributed by atoms with Crippen LogP contribution in [0.1, 0.15) is 18.3 Å².